The van der Waals surface area contributed by atoms with Gasteiger partial charge in [0.1, 0.15) is 11.5 Å². The minimum atomic E-state index is -3.67. The molecule has 0 N–H and O–H groups in total. The van der Waals surface area contributed by atoms with E-state index < -0.39 is 10.0 Å². The van der Waals surface area contributed by atoms with Gasteiger partial charge >= 0.3 is 0 Å². The van der Waals surface area contributed by atoms with Crippen molar-refractivity contribution >= 4 is 32.7 Å². The lowest BCUT2D eigenvalue weighted by molar-refractivity contribution is 0.588. The van der Waals surface area contributed by atoms with Gasteiger partial charge in [0.25, 0.3) is 10.0 Å². The van der Waals surface area contributed by atoms with Gasteiger partial charge in [-0.2, -0.15) is 0 Å². The topological polar surface area (TPSA) is 64.8 Å². The Labute approximate surface area is 114 Å². The Morgan fingerprint density at radius 2 is 1.79 bits per heavy atom. The Bertz CT molecular complexity index is 844. The van der Waals surface area contributed by atoms with E-state index in [1.165, 1.54) is 24.7 Å². The monoisotopic (exact) mass is 293 g/mol. The molecule has 3 aromatic rings. The first kappa shape index (κ1) is 12.1. The summed E-state index contributed by atoms with van der Waals surface area (Å²) in [5.74, 6) is 0. The molecule has 0 fully saturated rings. The van der Waals surface area contributed by atoms with Crippen molar-refractivity contribution in [3.63, 3.8) is 0 Å². The highest BCUT2D eigenvalue weighted by Gasteiger charge is 2.20. The van der Waals surface area contributed by atoms with Gasteiger partial charge in [0.15, 0.2) is 5.65 Å². The average molecular weight is 294 g/mol. The average Bonchev–Trinajstić information content (AvgIpc) is 2.86. The van der Waals surface area contributed by atoms with Gasteiger partial charge in [0.2, 0.25) is 0 Å². The van der Waals surface area contributed by atoms with Gasteiger partial charge in [-0.15, -0.1) is 0 Å². The molecule has 2 aromatic heterocycles. The van der Waals surface area contributed by atoms with E-state index in [4.69, 9.17) is 11.6 Å². The van der Waals surface area contributed by atoms with Gasteiger partial charge in [-0.1, -0.05) is 29.8 Å². The minimum Gasteiger partial charge on any atom is -0.224 e. The third kappa shape index (κ3) is 1.89. The van der Waals surface area contributed by atoms with Crippen molar-refractivity contribution in [1.82, 2.24) is 13.9 Å². The molecule has 0 saturated heterocycles. The molecule has 3 rings (SSSR count). The highest BCUT2D eigenvalue weighted by Crippen LogP contribution is 2.24. The number of aromatic nitrogens is 3. The van der Waals surface area contributed by atoms with Crippen molar-refractivity contribution in [2.75, 3.05) is 0 Å². The van der Waals surface area contributed by atoms with Crippen LogP contribution in [0.5, 0.6) is 0 Å². The van der Waals surface area contributed by atoms with Crippen LogP contribution in [0.25, 0.3) is 11.0 Å². The van der Waals surface area contributed by atoms with Gasteiger partial charge in [0, 0.05) is 6.20 Å². The second kappa shape index (κ2) is 4.32. The number of fused-ring (bicyclic) bond motifs is 1. The molecule has 0 atom stereocenters. The van der Waals surface area contributed by atoms with Crippen molar-refractivity contribution < 1.29 is 8.42 Å². The summed E-state index contributed by atoms with van der Waals surface area (Å²) in [5, 5.41) is 0.732. The van der Waals surface area contributed by atoms with Crippen LogP contribution >= 0.6 is 11.6 Å². The van der Waals surface area contributed by atoms with Crippen LogP contribution in [-0.2, 0) is 10.0 Å². The van der Waals surface area contributed by atoms with Crippen LogP contribution in [0.15, 0.2) is 53.8 Å². The fraction of sp³-hybridized carbons (Fsp3) is 0. The molecule has 5 nitrogen and oxygen atoms in total. The van der Waals surface area contributed by atoms with Gasteiger partial charge in [-0.25, -0.2) is 22.4 Å². The Kier molecular flexibility index (Phi) is 2.76. The highest BCUT2D eigenvalue weighted by atomic mass is 35.5. The van der Waals surface area contributed by atoms with Crippen LogP contribution < -0.4 is 0 Å². The fourth-order valence-electron chi connectivity index (χ4n) is 1.80. The second-order valence-corrected chi connectivity index (χ2v) is 6.00. The maximum Gasteiger partial charge on any atom is 0.269 e. The van der Waals surface area contributed by atoms with Crippen molar-refractivity contribution in [3.05, 3.63) is 54.1 Å². The summed E-state index contributed by atoms with van der Waals surface area (Å²) in [7, 11) is -3.67. The van der Waals surface area contributed by atoms with Crippen molar-refractivity contribution in [2.45, 2.75) is 4.90 Å². The van der Waals surface area contributed by atoms with Crippen LogP contribution in [0, 0.1) is 0 Å². The largest absolute Gasteiger partial charge is 0.269 e. The number of halogens is 1. The molecular weight excluding hydrogens is 286 g/mol. The standard InChI is InChI=1S/C12H8ClN3O2S/c13-11-10-6-7-16(12(10)15-8-14-11)19(17,18)9-4-2-1-3-5-9/h1-8H. The summed E-state index contributed by atoms with van der Waals surface area (Å²) in [4.78, 5) is 8.00. The fourth-order valence-corrected chi connectivity index (χ4v) is 3.31. The molecule has 0 amide bonds. The van der Waals surface area contributed by atoms with Crippen LogP contribution in [0.3, 0.4) is 0 Å². The van der Waals surface area contributed by atoms with Gasteiger partial charge < -0.3 is 0 Å². The number of rotatable bonds is 2. The summed E-state index contributed by atoms with van der Waals surface area (Å²) < 4.78 is 26.1. The Balaban J connectivity index is 2.29. The van der Waals surface area contributed by atoms with E-state index in [1.807, 2.05) is 0 Å². The third-order valence-electron chi connectivity index (χ3n) is 2.70. The lowest BCUT2D eigenvalue weighted by Gasteiger charge is -2.06. The molecule has 0 aliphatic carbocycles. The first-order valence-corrected chi connectivity index (χ1v) is 7.21. The zero-order valence-electron chi connectivity index (χ0n) is 9.56. The quantitative estimate of drug-likeness (QED) is 0.680. The molecule has 19 heavy (non-hydrogen) atoms. The van der Waals surface area contributed by atoms with Crippen LogP contribution in [0.2, 0.25) is 5.15 Å². The summed E-state index contributed by atoms with van der Waals surface area (Å²) in [6.45, 7) is 0. The number of hydrogen-bond donors (Lipinski definition) is 0. The Morgan fingerprint density at radius 1 is 1.05 bits per heavy atom. The molecule has 0 radical (unpaired) electrons. The molecule has 0 aliphatic rings. The number of benzene rings is 1. The van der Waals surface area contributed by atoms with E-state index >= 15 is 0 Å². The molecule has 0 saturated carbocycles. The molecule has 0 bridgehead atoms. The molecule has 96 valence electrons. The van der Waals surface area contributed by atoms with Gasteiger partial charge in [-0.05, 0) is 18.2 Å². The van der Waals surface area contributed by atoms with E-state index in [-0.39, 0.29) is 15.7 Å². The first-order chi connectivity index (χ1) is 9.10. The normalized spacial score (nSPS) is 11.8. The molecule has 7 heteroatoms. The smallest absolute Gasteiger partial charge is 0.224 e. The maximum absolute atomic E-state index is 12.5. The summed E-state index contributed by atoms with van der Waals surface area (Å²) in [6, 6.07) is 9.74. The minimum absolute atomic E-state index is 0.197. The SMILES string of the molecule is O=S(=O)(c1ccccc1)n1ccc2c(Cl)ncnc21. The predicted octanol–water partition coefficient (Wildman–Crippen LogP) is 2.32. The van der Waals surface area contributed by atoms with Crippen LogP contribution in [-0.4, -0.2) is 22.4 Å². The van der Waals surface area contributed by atoms with E-state index in [9.17, 15) is 8.42 Å². The third-order valence-corrected chi connectivity index (χ3v) is 4.68. The zero-order valence-corrected chi connectivity index (χ0v) is 11.1. The van der Waals surface area contributed by atoms with E-state index in [1.54, 1.807) is 24.3 Å². The van der Waals surface area contributed by atoms with E-state index in [0.717, 1.165) is 3.97 Å². The summed E-state index contributed by atoms with van der Waals surface area (Å²) in [6.07, 6.45) is 2.66. The predicted molar refractivity (Wildman–Crippen MR) is 71.6 cm³/mol. The van der Waals surface area contributed by atoms with Gasteiger partial charge in [-0.3, -0.25) is 0 Å². The molecule has 0 spiro atoms. The molecule has 0 aliphatic heterocycles. The van der Waals surface area contributed by atoms with Crippen LogP contribution in [0.4, 0.5) is 0 Å². The Morgan fingerprint density at radius 3 is 2.53 bits per heavy atom. The summed E-state index contributed by atoms with van der Waals surface area (Å²) >= 11 is 5.91. The Hall–Kier alpha value is -1.92. The van der Waals surface area contributed by atoms with E-state index in [2.05, 4.69) is 9.97 Å². The lowest BCUT2D eigenvalue weighted by atomic mass is 10.4. The second-order valence-electron chi connectivity index (χ2n) is 3.83. The first-order valence-electron chi connectivity index (χ1n) is 5.39. The lowest BCUT2D eigenvalue weighted by Crippen LogP contribution is -2.12. The number of nitrogens with zero attached hydrogens (tertiary/aromatic N) is 3. The van der Waals surface area contributed by atoms with Crippen molar-refractivity contribution in [1.29, 1.82) is 0 Å². The zero-order chi connectivity index (χ0) is 13.5. The highest BCUT2D eigenvalue weighted by molar-refractivity contribution is 7.90. The molecule has 1 aromatic carbocycles. The molecule has 0 unspecified atom stereocenters. The van der Waals surface area contributed by atoms with Crippen LogP contribution in [0.1, 0.15) is 0 Å². The number of hydrogen-bond acceptors (Lipinski definition) is 4. The van der Waals surface area contributed by atoms with Crippen molar-refractivity contribution in [3.8, 4) is 0 Å². The van der Waals surface area contributed by atoms with Crippen molar-refractivity contribution in [2.24, 2.45) is 0 Å². The summed E-state index contributed by atoms with van der Waals surface area (Å²) in [5.41, 5.74) is 0.267. The molecular formula is C12H8ClN3O2S. The van der Waals surface area contributed by atoms with E-state index in [0.29, 0.717) is 5.39 Å². The molecule has 2 heterocycles. The maximum atomic E-state index is 12.5. The van der Waals surface area contributed by atoms with Gasteiger partial charge in [0.05, 0.1) is 10.3 Å².